The highest BCUT2D eigenvalue weighted by atomic mass is 16.5. The van der Waals surface area contributed by atoms with E-state index in [4.69, 9.17) is 9.47 Å². The van der Waals surface area contributed by atoms with Crippen LogP contribution in [0.25, 0.3) is 0 Å². The molecule has 0 unspecified atom stereocenters. The molecule has 6 atom stereocenters. The summed E-state index contributed by atoms with van der Waals surface area (Å²) in [6, 6.07) is 7.75. The van der Waals surface area contributed by atoms with Gasteiger partial charge < -0.3 is 29.7 Å². The van der Waals surface area contributed by atoms with E-state index < -0.39 is 35.6 Å². The first kappa shape index (κ1) is 29.6. The van der Waals surface area contributed by atoms with Crippen molar-refractivity contribution in [1.29, 1.82) is 0 Å². The van der Waals surface area contributed by atoms with E-state index in [-0.39, 0.29) is 55.9 Å². The number of allylic oxidation sites excluding steroid dienone is 1. The average molecular weight is 592 g/mol. The Labute approximate surface area is 252 Å². The summed E-state index contributed by atoms with van der Waals surface area (Å²) in [4.78, 5) is 58.9. The van der Waals surface area contributed by atoms with Gasteiger partial charge in [0.1, 0.15) is 18.2 Å². The maximum Gasteiger partial charge on any atom is 0.306 e. The molecule has 0 radical (unpaired) electrons. The summed E-state index contributed by atoms with van der Waals surface area (Å²) < 4.78 is 12.1. The zero-order valence-electron chi connectivity index (χ0n) is 24.4. The molecule has 5 bridgehead atoms. The molecule has 10 heteroatoms. The summed E-state index contributed by atoms with van der Waals surface area (Å²) in [5.41, 5.74) is -0.496. The molecule has 1 aromatic rings. The van der Waals surface area contributed by atoms with E-state index in [0.717, 1.165) is 37.7 Å². The highest BCUT2D eigenvalue weighted by Gasteiger charge is 2.73. The number of ether oxygens (including phenoxy) is 2. The number of nitrogens with one attached hydrogen (secondary N) is 1. The Morgan fingerprint density at radius 2 is 1.79 bits per heavy atom. The van der Waals surface area contributed by atoms with Gasteiger partial charge in [0.2, 0.25) is 17.7 Å². The average Bonchev–Trinajstić information content (AvgIpc) is 3.67. The number of carbonyl (C=O) groups is 4. The normalized spacial score (nSPS) is 34.3. The Balaban J connectivity index is 1.39. The number of likely N-dealkylation sites (tertiary alicyclic amines) is 1. The first-order valence-electron chi connectivity index (χ1n) is 15.7. The Morgan fingerprint density at radius 3 is 2.56 bits per heavy atom. The predicted molar refractivity (Wildman–Crippen MR) is 156 cm³/mol. The van der Waals surface area contributed by atoms with Gasteiger partial charge in [-0.15, -0.1) is 0 Å². The van der Waals surface area contributed by atoms with Crippen LogP contribution < -0.4 is 5.32 Å². The van der Waals surface area contributed by atoms with Crippen molar-refractivity contribution in [1.82, 2.24) is 15.1 Å². The standard InChI is InChI=1S/C33H41N3O7/c37-20-10-19-36-29-32(41)35(23-13-6-2-7-14-23)18-9-3-8-15-26(38)42-21-24(22-11-4-1-5-12-22)34-30(39)27-25-16-17-33(29,43-25)28(27)31(36)40/h1,3-5,9,11-12,16-17,23-25,27-29,37H,2,6-8,10,13-15,18-21H2,(H,34,39)/b9-3-/t24-,25-,27+,28+,29-,33+/m1/s1. The minimum atomic E-state index is -1.27. The molecule has 43 heavy (non-hydrogen) atoms. The number of cyclic esters (lactones) is 1. The Hall–Kier alpha value is -3.50. The van der Waals surface area contributed by atoms with Crippen molar-refractivity contribution in [3.05, 3.63) is 60.2 Å². The van der Waals surface area contributed by atoms with Gasteiger partial charge in [0.05, 0.1) is 24.0 Å². The SMILES string of the molecule is O=C1CC/C=C\CN(C2CCCCC2)C(=O)[C@H]2N(CCCO)C(=O)[C@@H]3[C@@H](C(=O)N[C@@H](c4ccccc4)CO1)[C@H]1C=C[C@]32O1. The Bertz CT molecular complexity index is 1280. The van der Waals surface area contributed by atoms with Crippen molar-refractivity contribution in [2.75, 3.05) is 26.3 Å². The second kappa shape index (κ2) is 12.6. The number of hydrogen-bond acceptors (Lipinski definition) is 7. The fraction of sp³-hybridized carbons (Fsp3) is 0.576. The van der Waals surface area contributed by atoms with E-state index >= 15 is 0 Å². The molecule has 6 rings (SSSR count). The van der Waals surface area contributed by atoms with Gasteiger partial charge in [-0.05, 0) is 31.2 Å². The van der Waals surface area contributed by atoms with Crippen molar-refractivity contribution in [2.24, 2.45) is 11.8 Å². The number of carbonyl (C=O) groups excluding carboxylic acids is 4. The van der Waals surface area contributed by atoms with Crippen LogP contribution in [0.3, 0.4) is 0 Å². The first-order chi connectivity index (χ1) is 20.9. The summed E-state index contributed by atoms with van der Waals surface area (Å²) in [6.45, 7) is 0.371. The number of aliphatic hydroxyl groups excluding tert-OH is 1. The molecule has 1 saturated carbocycles. The quantitative estimate of drug-likeness (QED) is 0.398. The lowest BCUT2D eigenvalue weighted by Crippen LogP contribution is -2.58. The van der Waals surface area contributed by atoms with Gasteiger partial charge in [-0.25, -0.2) is 0 Å². The van der Waals surface area contributed by atoms with E-state index in [9.17, 15) is 24.3 Å². The van der Waals surface area contributed by atoms with Gasteiger partial charge in [0.15, 0.2) is 0 Å². The number of fused-ring (bicyclic) bond motifs is 2. The predicted octanol–water partition coefficient (Wildman–Crippen LogP) is 2.43. The van der Waals surface area contributed by atoms with Crippen molar-refractivity contribution in [3.63, 3.8) is 0 Å². The molecule has 230 valence electrons. The molecule has 5 aliphatic rings. The topological polar surface area (TPSA) is 125 Å². The molecule has 2 saturated heterocycles. The highest BCUT2D eigenvalue weighted by molar-refractivity contribution is 6.00. The van der Waals surface area contributed by atoms with E-state index in [0.29, 0.717) is 19.4 Å². The van der Waals surface area contributed by atoms with E-state index in [1.165, 1.54) is 0 Å². The maximum absolute atomic E-state index is 14.7. The number of aliphatic hydroxyl groups is 1. The summed E-state index contributed by atoms with van der Waals surface area (Å²) in [5.74, 6) is -2.99. The van der Waals surface area contributed by atoms with Gasteiger partial charge in [0.25, 0.3) is 0 Å². The number of hydrogen-bond donors (Lipinski definition) is 2. The van der Waals surface area contributed by atoms with Crippen LogP contribution in [0.1, 0.15) is 63.0 Å². The van der Waals surface area contributed by atoms with Gasteiger partial charge in [-0.3, -0.25) is 19.2 Å². The third kappa shape index (κ3) is 5.51. The van der Waals surface area contributed by atoms with Crippen molar-refractivity contribution in [2.45, 2.75) is 81.2 Å². The van der Waals surface area contributed by atoms with Gasteiger partial charge in [-0.1, -0.05) is 73.9 Å². The molecule has 3 fully saturated rings. The number of amides is 3. The summed E-state index contributed by atoms with van der Waals surface area (Å²) in [5, 5.41) is 12.7. The van der Waals surface area contributed by atoms with Crippen LogP contribution in [-0.2, 0) is 28.7 Å². The monoisotopic (exact) mass is 591 g/mol. The zero-order valence-corrected chi connectivity index (χ0v) is 24.4. The zero-order chi connectivity index (χ0) is 30.0. The molecule has 1 aliphatic carbocycles. The van der Waals surface area contributed by atoms with Crippen LogP contribution in [0.5, 0.6) is 0 Å². The Kier molecular flexibility index (Phi) is 8.68. The lowest BCUT2D eigenvalue weighted by molar-refractivity contribution is -0.149. The second-order valence-electron chi connectivity index (χ2n) is 12.3. The minimum Gasteiger partial charge on any atom is -0.463 e. The van der Waals surface area contributed by atoms with Crippen LogP contribution in [0, 0.1) is 11.8 Å². The maximum atomic E-state index is 14.7. The summed E-state index contributed by atoms with van der Waals surface area (Å²) >= 11 is 0. The molecular formula is C33H41N3O7. The Morgan fingerprint density at radius 1 is 1.00 bits per heavy atom. The van der Waals surface area contributed by atoms with Crippen LogP contribution in [-0.4, -0.2) is 88.7 Å². The first-order valence-corrected chi connectivity index (χ1v) is 15.7. The van der Waals surface area contributed by atoms with Crippen molar-refractivity contribution >= 4 is 23.7 Å². The molecule has 0 aromatic heterocycles. The molecule has 1 spiro atoms. The van der Waals surface area contributed by atoms with E-state index in [1.807, 2.05) is 53.5 Å². The van der Waals surface area contributed by atoms with Crippen LogP contribution >= 0.6 is 0 Å². The van der Waals surface area contributed by atoms with Gasteiger partial charge in [-0.2, -0.15) is 0 Å². The fourth-order valence-electron chi connectivity index (χ4n) is 7.63. The van der Waals surface area contributed by atoms with Crippen LogP contribution in [0.15, 0.2) is 54.6 Å². The molecule has 2 N–H and O–H groups in total. The number of esters is 1. The van der Waals surface area contributed by atoms with E-state index in [1.54, 1.807) is 11.0 Å². The molecule has 3 amide bonds. The molecular weight excluding hydrogens is 550 g/mol. The van der Waals surface area contributed by atoms with Gasteiger partial charge >= 0.3 is 5.97 Å². The van der Waals surface area contributed by atoms with Crippen molar-refractivity contribution < 1.29 is 33.8 Å². The van der Waals surface area contributed by atoms with Crippen LogP contribution in [0.2, 0.25) is 0 Å². The molecule has 4 aliphatic heterocycles. The second-order valence-corrected chi connectivity index (χ2v) is 12.3. The molecule has 4 heterocycles. The highest BCUT2D eigenvalue weighted by Crippen LogP contribution is 2.55. The summed E-state index contributed by atoms with van der Waals surface area (Å²) in [7, 11) is 0. The van der Waals surface area contributed by atoms with Crippen LogP contribution in [0.4, 0.5) is 0 Å². The number of nitrogens with zero attached hydrogens (tertiary/aromatic N) is 2. The van der Waals surface area contributed by atoms with Gasteiger partial charge in [0, 0.05) is 32.2 Å². The number of benzene rings is 1. The smallest absolute Gasteiger partial charge is 0.306 e. The fourth-order valence-corrected chi connectivity index (χ4v) is 7.63. The molecule has 10 nitrogen and oxygen atoms in total. The lowest BCUT2D eigenvalue weighted by atomic mass is 9.74. The summed E-state index contributed by atoms with van der Waals surface area (Å²) in [6.07, 6.45) is 12.7. The third-order valence-corrected chi connectivity index (χ3v) is 9.68. The van der Waals surface area contributed by atoms with Crippen molar-refractivity contribution in [3.8, 4) is 0 Å². The largest absolute Gasteiger partial charge is 0.463 e. The molecule has 1 aromatic carbocycles. The third-order valence-electron chi connectivity index (χ3n) is 9.68. The van der Waals surface area contributed by atoms with E-state index in [2.05, 4.69) is 5.32 Å². The number of rotatable bonds is 5. The lowest BCUT2D eigenvalue weighted by Gasteiger charge is -2.40. The minimum absolute atomic E-state index is 0.0245.